The van der Waals surface area contributed by atoms with Gasteiger partial charge in [-0.3, -0.25) is 4.79 Å². The Bertz CT molecular complexity index is 346. The highest BCUT2D eigenvalue weighted by atomic mass is 16.2. The van der Waals surface area contributed by atoms with Crippen molar-refractivity contribution in [1.29, 1.82) is 0 Å². The SMILES string of the molecule is C[C@H]1C=CC(C(=O)N2CCCN(C)CC2)=CC1. The summed E-state index contributed by atoms with van der Waals surface area (Å²) in [6.45, 7) is 6.00. The van der Waals surface area contributed by atoms with Crippen molar-refractivity contribution in [3.63, 3.8) is 0 Å². The van der Waals surface area contributed by atoms with Crippen LogP contribution in [0, 0.1) is 5.92 Å². The van der Waals surface area contributed by atoms with E-state index in [1.807, 2.05) is 11.0 Å². The zero-order valence-electron chi connectivity index (χ0n) is 10.9. The van der Waals surface area contributed by atoms with Crippen LogP contribution in [0.5, 0.6) is 0 Å². The van der Waals surface area contributed by atoms with Crippen molar-refractivity contribution in [3.8, 4) is 0 Å². The Morgan fingerprint density at radius 3 is 2.82 bits per heavy atom. The molecule has 2 rings (SSSR count). The number of hydrogen-bond acceptors (Lipinski definition) is 2. The van der Waals surface area contributed by atoms with Gasteiger partial charge >= 0.3 is 0 Å². The molecule has 0 radical (unpaired) electrons. The average molecular weight is 234 g/mol. The van der Waals surface area contributed by atoms with E-state index in [9.17, 15) is 4.79 Å². The molecule has 0 spiro atoms. The highest BCUT2D eigenvalue weighted by Crippen LogP contribution is 2.18. The summed E-state index contributed by atoms with van der Waals surface area (Å²) >= 11 is 0. The Balaban J connectivity index is 1.98. The fraction of sp³-hybridized carbons (Fsp3) is 0.643. The summed E-state index contributed by atoms with van der Waals surface area (Å²) in [6.07, 6.45) is 8.28. The molecule has 1 atom stereocenters. The van der Waals surface area contributed by atoms with Crippen molar-refractivity contribution in [1.82, 2.24) is 9.80 Å². The second kappa shape index (κ2) is 5.50. The normalized spacial score (nSPS) is 26.6. The third-order valence-electron chi connectivity index (χ3n) is 3.57. The molecule has 2 aliphatic rings. The minimum Gasteiger partial charge on any atom is -0.337 e. The van der Waals surface area contributed by atoms with Gasteiger partial charge < -0.3 is 9.80 Å². The molecule has 0 saturated carbocycles. The van der Waals surface area contributed by atoms with Crippen LogP contribution in [-0.2, 0) is 4.79 Å². The van der Waals surface area contributed by atoms with Crippen LogP contribution in [-0.4, -0.2) is 48.9 Å². The van der Waals surface area contributed by atoms with Crippen LogP contribution in [0.4, 0.5) is 0 Å². The van der Waals surface area contributed by atoms with E-state index >= 15 is 0 Å². The molecule has 0 bridgehead atoms. The second-order valence-corrected chi connectivity index (χ2v) is 5.18. The first kappa shape index (κ1) is 12.4. The molecule has 3 heteroatoms. The molecule has 17 heavy (non-hydrogen) atoms. The Kier molecular flexibility index (Phi) is 4.00. The van der Waals surface area contributed by atoms with E-state index in [-0.39, 0.29) is 5.91 Å². The van der Waals surface area contributed by atoms with Gasteiger partial charge in [-0.2, -0.15) is 0 Å². The van der Waals surface area contributed by atoms with Crippen LogP contribution in [0.15, 0.2) is 23.8 Å². The van der Waals surface area contributed by atoms with Gasteiger partial charge in [0.25, 0.3) is 5.91 Å². The number of hydrogen-bond donors (Lipinski definition) is 0. The van der Waals surface area contributed by atoms with Crippen molar-refractivity contribution >= 4 is 5.91 Å². The van der Waals surface area contributed by atoms with Crippen LogP contribution < -0.4 is 0 Å². The van der Waals surface area contributed by atoms with Gasteiger partial charge in [-0.15, -0.1) is 0 Å². The number of rotatable bonds is 1. The van der Waals surface area contributed by atoms with E-state index in [0.717, 1.165) is 44.6 Å². The quantitative estimate of drug-likeness (QED) is 0.689. The number of carbonyl (C=O) groups is 1. The van der Waals surface area contributed by atoms with E-state index in [4.69, 9.17) is 0 Å². The summed E-state index contributed by atoms with van der Waals surface area (Å²) < 4.78 is 0. The van der Waals surface area contributed by atoms with Crippen LogP contribution in [0.25, 0.3) is 0 Å². The lowest BCUT2D eigenvalue weighted by molar-refractivity contribution is -0.126. The maximum atomic E-state index is 12.3. The van der Waals surface area contributed by atoms with E-state index in [0.29, 0.717) is 5.92 Å². The monoisotopic (exact) mass is 234 g/mol. The van der Waals surface area contributed by atoms with Gasteiger partial charge in [-0.05, 0) is 32.4 Å². The van der Waals surface area contributed by atoms with Gasteiger partial charge in [0, 0.05) is 25.2 Å². The molecule has 1 saturated heterocycles. The van der Waals surface area contributed by atoms with E-state index < -0.39 is 0 Å². The first-order valence-corrected chi connectivity index (χ1v) is 6.53. The van der Waals surface area contributed by atoms with Crippen molar-refractivity contribution in [3.05, 3.63) is 23.8 Å². The lowest BCUT2D eigenvalue weighted by Crippen LogP contribution is -2.35. The van der Waals surface area contributed by atoms with E-state index in [1.54, 1.807) is 0 Å². The number of allylic oxidation sites excluding steroid dienone is 2. The van der Waals surface area contributed by atoms with Gasteiger partial charge in [0.2, 0.25) is 0 Å². The molecule has 1 heterocycles. The number of likely N-dealkylation sites (N-methyl/N-ethyl adjacent to an activating group) is 1. The van der Waals surface area contributed by atoms with Crippen LogP contribution in [0.3, 0.4) is 0 Å². The van der Waals surface area contributed by atoms with Crippen molar-refractivity contribution in [2.24, 2.45) is 5.92 Å². The molecule has 0 N–H and O–H groups in total. The molecule has 0 aromatic carbocycles. The zero-order chi connectivity index (χ0) is 12.3. The number of amides is 1. The maximum Gasteiger partial charge on any atom is 0.253 e. The second-order valence-electron chi connectivity index (χ2n) is 5.18. The highest BCUT2D eigenvalue weighted by molar-refractivity contribution is 5.96. The van der Waals surface area contributed by atoms with Crippen LogP contribution >= 0.6 is 0 Å². The van der Waals surface area contributed by atoms with Crippen molar-refractivity contribution < 1.29 is 4.79 Å². The van der Waals surface area contributed by atoms with Gasteiger partial charge in [0.05, 0.1) is 0 Å². The average Bonchev–Trinajstić information content (AvgIpc) is 2.54. The molecule has 0 aromatic rings. The molecule has 1 aliphatic carbocycles. The number of carbonyl (C=O) groups excluding carboxylic acids is 1. The minimum atomic E-state index is 0.212. The molecule has 94 valence electrons. The van der Waals surface area contributed by atoms with Gasteiger partial charge in [0.15, 0.2) is 0 Å². The summed E-state index contributed by atoms with van der Waals surface area (Å²) in [7, 11) is 2.12. The first-order valence-electron chi connectivity index (χ1n) is 6.53. The molecule has 1 amide bonds. The molecule has 0 unspecified atom stereocenters. The standard InChI is InChI=1S/C14H22N2O/c1-12-4-6-13(7-5-12)14(17)16-9-3-8-15(2)10-11-16/h4,6-7,12H,3,5,8-11H2,1-2H3/t12-/m0/s1. The Morgan fingerprint density at radius 1 is 1.29 bits per heavy atom. The fourth-order valence-electron chi connectivity index (χ4n) is 2.32. The van der Waals surface area contributed by atoms with Crippen molar-refractivity contribution in [2.45, 2.75) is 19.8 Å². The zero-order valence-corrected chi connectivity index (χ0v) is 10.9. The largest absolute Gasteiger partial charge is 0.337 e. The molecule has 0 aromatic heterocycles. The van der Waals surface area contributed by atoms with Gasteiger partial charge in [-0.1, -0.05) is 25.2 Å². The fourth-order valence-corrected chi connectivity index (χ4v) is 2.32. The minimum absolute atomic E-state index is 0.212. The highest BCUT2D eigenvalue weighted by Gasteiger charge is 2.20. The summed E-state index contributed by atoms with van der Waals surface area (Å²) in [5.41, 5.74) is 0.882. The smallest absolute Gasteiger partial charge is 0.253 e. The molecule has 1 aliphatic heterocycles. The predicted octanol–water partition coefficient (Wildman–Crippen LogP) is 1.67. The molecule has 3 nitrogen and oxygen atoms in total. The third-order valence-corrected chi connectivity index (χ3v) is 3.57. The van der Waals surface area contributed by atoms with E-state index in [1.165, 1.54) is 0 Å². The van der Waals surface area contributed by atoms with Gasteiger partial charge in [0.1, 0.15) is 0 Å². The van der Waals surface area contributed by atoms with E-state index in [2.05, 4.69) is 31.0 Å². The lowest BCUT2D eigenvalue weighted by Gasteiger charge is -2.22. The van der Waals surface area contributed by atoms with Gasteiger partial charge in [-0.25, -0.2) is 0 Å². The summed E-state index contributed by atoms with van der Waals surface area (Å²) in [5.74, 6) is 0.783. The maximum absolute atomic E-state index is 12.3. The van der Waals surface area contributed by atoms with Crippen LogP contribution in [0.1, 0.15) is 19.8 Å². The van der Waals surface area contributed by atoms with Crippen molar-refractivity contribution in [2.75, 3.05) is 33.2 Å². The lowest BCUT2D eigenvalue weighted by atomic mass is 9.98. The Hall–Kier alpha value is -1.09. The Morgan fingerprint density at radius 2 is 2.12 bits per heavy atom. The Labute approximate surface area is 104 Å². The first-order chi connectivity index (χ1) is 8.16. The predicted molar refractivity (Wildman–Crippen MR) is 69.7 cm³/mol. The number of nitrogens with zero attached hydrogens (tertiary/aromatic N) is 2. The third kappa shape index (κ3) is 3.19. The summed E-state index contributed by atoms with van der Waals surface area (Å²) in [4.78, 5) is 16.6. The molecular formula is C14H22N2O. The molecular weight excluding hydrogens is 212 g/mol. The van der Waals surface area contributed by atoms with Crippen LogP contribution in [0.2, 0.25) is 0 Å². The summed E-state index contributed by atoms with van der Waals surface area (Å²) in [6, 6.07) is 0. The summed E-state index contributed by atoms with van der Waals surface area (Å²) in [5, 5.41) is 0. The topological polar surface area (TPSA) is 23.6 Å². The molecule has 1 fully saturated rings.